The van der Waals surface area contributed by atoms with Crippen LogP contribution >= 0.6 is 8.25 Å². The molecule has 0 saturated heterocycles. The first-order valence-corrected chi connectivity index (χ1v) is 24.9. The summed E-state index contributed by atoms with van der Waals surface area (Å²) < 4.78 is 63.3. The zero-order chi connectivity index (χ0) is 46.5. The second-order valence-electron chi connectivity index (χ2n) is 17.9. The van der Waals surface area contributed by atoms with Gasteiger partial charge in [0.2, 0.25) is 0 Å². The number of rotatable bonds is 30. The quantitative estimate of drug-likeness (QED) is 0.0259. The predicted octanol–water partition coefficient (Wildman–Crippen LogP) is 13.1. The van der Waals surface area contributed by atoms with Gasteiger partial charge in [0.1, 0.15) is 11.6 Å². The SMILES string of the molecule is CC(C)Cc1ccc(CCCNc2ccc(CNCCCO[PH](=O)OCCCNCc3ccc(NCCCc4ccc(CC(C)C)c(F)c4)c(-c4ccoc4)c3)cc2-c2ccoc2)cc1F. The van der Waals surface area contributed by atoms with Crippen LogP contribution in [-0.2, 0) is 52.4 Å². The highest BCUT2D eigenvalue weighted by molar-refractivity contribution is 7.33. The highest BCUT2D eigenvalue weighted by Crippen LogP contribution is 2.32. The number of anilines is 2. The first-order valence-electron chi connectivity index (χ1n) is 23.7. The summed E-state index contributed by atoms with van der Waals surface area (Å²) in [6.07, 6.45) is 13.1. The Morgan fingerprint density at radius 3 is 1.38 bits per heavy atom. The van der Waals surface area contributed by atoms with Crippen LogP contribution in [0.25, 0.3) is 22.3 Å². The fourth-order valence-corrected chi connectivity index (χ4v) is 8.68. The smallest absolute Gasteiger partial charge is 0.319 e. The molecule has 0 unspecified atom stereocenters. The molecule has 0 spiro atoms. The van der Waals surface area contributed by atoms with Crippen LogP contribution in [0.4, 0.5) is 20.2 Å². The average Bonchev–Trinajstić information content (AvgIpc) is 4.05. The number of halogens is 2. The molecular formula is C54H69F2N4O5P. The van der Waals surface area contributed by atoms with Gasteiger partial charge in [-0.25, -0.2) is 8.78 Å². The standard InChI is InChI=1S/C54H69F2N4O5P/c1-39(2)29-45-15-11-41(33-51(45)55)9-5-23-59-53-17-13-43(31-49(53)47-19-27-62-37-47)35-57-21-7-25-64-66(61)65-26-8-22-58-36-44-14-18-54(50(32-44)48-20-28-63-38-48)60-24-6-10-42-12-16-46(30-40(3)4)52(56)34-42/h11-20,27-28,31-34,37-40,57-60,66H,5-10,21-26,29-30,35-36H2,1-4H3. The maximum absolute atomic E-state index is 14.6. The molecule has 9 nitrogen and oxygen atoms in total. The van der Waals surface area contributed by atoms with Crippen LogP contribution in [0.2, 0.25) is 0 Å². The zero-order valence-corrected chi connectivity index (χ0v) is 40.2. The maximum atomic E-state index is 14.6. The van der Waals surface area contributed by atoms with Crippen molar-refractivity contribution in [2.24, 2.45) is 11.8 Å². The van der Waals surface area contributed by atoms with Crippen molar-refractivity contribution >= 4 is 19.6 Å². The van der Waals surface area contributed by atoms with E-state index in [-0.39, 0.29) is 11.6 Å². The van der Waals surface area contributed by atoms with E-state index in [1.165, 1.54) is 0 Å². The van der Waals surface area contributed by atoms with Crippen molar-refractivity contribution in [1.29, 1.82) is 0 Å². The van der Waals surface area contributed by atoms with Crippen molar-refractivity contribution in [1.82, 2.24) is 10.6 Å². The molecule has 66 heavy (non-hydrogen) atoms. The number of aryl methyl sites for hydroxylation is 2. The summed E-state index contributed by atoms with van der Waals surface area (Å²) in [4.78, 5) is 0. The third kappa shape index (κ3) is 16.7. The van der Waals surface area contributed by atoms with E-state index < -0.39 is 8.25 Å². The summed E-state index contributed by atoms with van der Waals surface area (Å²) in [6, 6.07) is 28.0. The minimum atomic E-state index is -2.57. The number of hydrogen-bond donors (Lipinski definition) is 4. The highest BCUT2D eigenvalue weighted by Gasteiger charge is 2.12. The average molecular weight is 923 g/mol. The lowest BCUT2D eigenvalue weighted by molar-refractivity contribution is 0.220. The van der Waals surface area contributed by atoms with Gasteiger partial charge >= 0.3 is 8.25 Å². The molecule has 2 aromatic heterocycles. The van der Waals surface area contributed by atoms with Gasteiger partial charge in [-0.15, -0.1) is 0 Å². The van der Waals surface area contributed by atoms with Crippen LogP contribution < -0.4 is 21.3 Å². The Hall–Kier alpha value is -5.03. The lowest BCUT2D eigenvalue weighted by Gasteiger charge is -2.14. The Morgan fingerprint density at radius 1 is 0.545 bits per heavy atom. The van der Waals surface area contributed by atoms with Crippen molar-refractivity contribution < 1.29 is 31.2 Å². The van der Waals surface area contributed by atoms with Gasteiger partial charge in [0.15, 0.2) is 0 Å². The Labute approximate surface area is 391 Å². The molecule has 0 aliphatic rings. The molecule has 12 heteroatoms. The Morgan fingerprint density at radius 2 is 0.985 bits per heavy atom. The third-order valence-corrected chi connectivity index (χ3v) is 12.2. The number of hydrogen-bond acceptors (Lipinski definition) is 9. The monoisotopic (exact) mass is 922 g/mol. The van der Waals surface area contributed by atoms with Crippen LogP contribution in [0, 0.1) is 23.5 Å². The molecule has 4 N–H and O–H groups in total. The van der Waals surface area contributed by atoms with E-state index in [2.05, 4.69) is 85.4 Å². The largest absolute Gasteiger partial charge is 0.472 e. The molecule has 0 radical (unpaired) electrons. The summed E-state index contributed by atoms with van der Waals surface area (Å²) in [5.41, 5.74) is 12.0. The van der Waals surface area contributed by atoms with Crippen molar-refractivity contribution in [3.05, 3.63) is 155 Å². The number of benzene rings is 4. The summed E-state index contributed by atoms with van der Waals surface area (Å²) >= 11 is 0. The van der Waals surface area contributed by atoms with E-state index in [9.17, 15) is 13.3 Å². The van der Waals surface area contributed by atoms with E-state index in [1.54, 1.807) is 37.2 Å². The topological polar surface area (TPSA) is 110 Å². The Bertz CT molecular complexity index is 2210. The van der Waals surface area contributed by atoms with E-state index in [0.29, 0.717) is 64.1 Å². The maximum Gasteiger partial charge on any atom is 0.319 e. The molecular weight excluding hydrogens is 854 g/mol. The molecule has 0 aliphatic heterocycles. The van der Waals surface area contributed by atoms with Crippen molar-refractivity contribution in [3.8, 4) is 22.3 Å². The lowest BCUT2D eigenvalue weighted by Crippen LogP contribution is -2.16. The lowest BCUT2D eigenvalue weighted by atomic mass is 9.99. The van der Waals surface area contributed by atoms with Crippen LogP contribution in [0.3, 0.4) is 0 Å². The number of furan rings is 2. The minimum Gasteiger partial charge on any atom is -0.472 e. The molecule has 6 aromatic rings. The van der Waals surface area contributed by atoms with Gasteiger partial charge in [-0.2, -0.15) is 0 Å². The summed E-state index contributed by atoms with van der Waals surface area (Å²) in [6.45, 7) is 13.4. The minimum absolute atomic E-state index is 0.108. The fraction of sp³-hybridized carbons (Fsp3) is 0.407. The number of nitrogens with one attached hydrogen (secondary N) is 4. The zero-order valence-electron chi connectivity index (χ0n) is 39.2. The first-order chi connectivity index (χ1) is 32.1. The van der Waals surface area contributed by atoms with Gasteiger partial charge in [-0.05, 0) is 158 Å². The van der Waals surface area contributed by atoms with Crippen LogP contribution in [0.1, 0.15) is 86.8 Å². The second-order valence-corrected chi connectivity index (χ2v) is 19.0. The summed E-state index contributed by atoms with van der Waals surface area (Å²) in [5, 5.41) is 14.1. The Kier molecular flexibility index (Phi) is 20.6. The molecule has 354 valence electrons. The molecule has 0 fully saturated rings. The van der Waals surface area contributed by atoms with Gasteiger partial charge in [0.05, 0.1) is 38.3 Å². The van der Waals surface area contributed by atoms with Crippen LogP contribution in [0.5, 0.6) is 0 Å². The third-order valence-electron chi connectivity index (χ3n) is 11.3. The normalized spacial score (nSPS) is 11.7. The first kappa shape index (κ1) is 50.4. The van der Waals surface area contributed by atoms with Gasteiger partial charge in [-0.3, -0.25) is 4.57 Å². The molecule has 6 rings (SSSR count). The molecule has 0 aliphatic carbocycles. The molecule has 0 amide bonds. The van der Waals surface area contributed by atoms with Gasteiger partial charge in [0.25, 0.3) is 0 Å². The van der Waals surface area contributed by atoms with Crippen LogP contribution in [-0.4, -0.2) is 39.4 Å². The van der Waals surface area contributed by atoms with Gasteiger partial charge in [0, 0.05) is 59.8 Å². The fourth-order valence-electron chi connectivity index (χ4n) is 7.97. The van der Waals surface area contributed by atoms with Gasteiger partial charge < -0.3 is 39.1 Å². The van der Waals surface area contributed by atoms with Crippen molar-refractivity contribution in [2.75, 3.05) is 50.0 Å². The van der Waals surface area contributed by atoms with Crippen molar-refractivity contribution in [2.45, 2.75) is 92.2 Å². The highest BCUT2D eigenvalue weighted by atomic mass is 31.1. The van der Waals surface area contributed by atoms with Crippen LogP contribution in [0.15, 0.2) is 119 Å². The van der Waals surface area contributed by atoms with E-state index in [0.717, 1.165) is 119 Å². The van der Waals surface area contributed by atoms with E-state index in [4.69, 9.17) is 17.9 Å². The summed E-state index contributed by atoms with van der Waals surface area (Å²) in [5.74, 6) is 0.628. The molecule has 4 aromatic carbocycles. The predicted molar refractivity (Wildman–Crippen MR) is 265 cm³/mol. The van der Waals surface area contributed by atoms with Gasteiger partial charge in [-0.1, -0.05) is 64.1 Å². The molecule has 0 saturated carbocycles. The molecule has 2 heterocycles. The second kappa shape index (κ2) is 26.9. The van der Waals surface area contributed by atoms with Crippen molar-refractivity contribution in [3.63, 3.8) is 0 Å². The summed E-state index contributed by atoms with van der Waals surface area (Å²) in [7, 11) is -2.57. The van der Waals surface area contributed by atoms with E-state index >= 15 is 0 Å². The Balaban J connectivity index is 0.831. The molecule has 0 bridgehead atoms. The van der Waals surface area contributed by atoms with E-state index in [1.807, 2.05) is 36.4 Å². The molecule has 0 atom stereocenters.